The van der Waals surface area contributed by atoms with Crippen molar-refractivity contribution in [3.8, 4) is 0 Å². The molecule has 4 heteroatoms. The number of carboxylic acid groups (broad SMARTS) is 1. The standard InChI is InChI=1S/C7H15NO2Se/c1-5(2)11-4-3-6(8)7(9)10/h5-6H,3-4,8H2,1-2H3,(H,9,10)/t6-/m0/s1. The van der Waals surface area contributed by atoms with Gasteiger partial charge in [-0.15, -0.1) is 0 Å². The van der Waals surface area contributed by atoms with Crippen LogP contribution < -0.4 is 5.73 Å². The van der Waals surface area contributed by atoms with Gasteiger partial charge in [0.15, 0.2) is 0 Å². The summed E-state index contributed by atoms with van der Waals surface area (Å²) < 4.78 is 0. The molecule has 0 bridgehead atoms. The van der Waals surface area contributed by atoms with Crippen LogP contribution in [0.25, 0.3) is 0 Å². The fraction of sp³-hybridized carbons (Fsp3) is 0.857. The first-order valence-corrected chi connectivity index (χ1v) is 5.84. The molecular formula is C7H15NO2Se. The van der Waals surface area contributed by atoms with Crippen molar-refractivity contribution in [1.82, 2.24) is 0 Å². The molecule has 0 aliphatic heterocycles. The summed E-state index contributed by atoms with van der Waals surface area (Å²) in [5.41, 5.74) is 5.31. The Morgan fingerprint density at radius 3 is 2.55 bits per heavy atom. The molecule has 0 amide bonds. The molecule has 0 fully saturated rings. The fourth-order valence-corrected chi connectivity index (χ4v) is 2.36. The first-order chi connectivity index (χ1) is 5.04. The van der Waals surface area contributed by atoms with Gasteiger partial charge in [-0.2, -0.15) is 0 Å². The maximum absolute atomic E-state index is 10.3. The van der Waals surface area contributed by atoms with E-state index in [1.807, 2.05) is 0 Å². The van der Waals surface area contributed by atoms with E-state index in [4.69, 9.17) is 10.8 Å². The van der Waals surface area contributed by atoms with Gasteiger partial charge in [0.1, 0.15) is 0 Å². The van der Waals surface area contributed by atoms with Gasteiger partial charge in [0, 0.05) is 0 Å². The van der Waals surface area contributed by atoms with Crippen LogP contribution in [0.2, 0.25) is 10.1 Å². The van der Waals surface area contributed by atoms with Gasteiger partial charge in [0.25, 0.3) is 0 Å². The van der Waals surface area contributed by atoms with Gasteiger partial charge in [0.2, 0.25) is 0 Å². The van der Waals surface area contributed by atoms with Crippen LogP contribution in [-0.2, 0) is 4.79 Å². The van der Waals surface area contributed by atoms with Gasteiger partial charge < -0.3 is 0 Å². The second-order valence-electron chi connectivity index (χ2n) is 2.65. The summed E-state index contributed by atoms with van der Waals surface area (Å²) in [6, 6.07) is -0.657. The molecule has 0 heterocycles. The Balaban J connectivity index is 3.31. The second kappa shape index (κ2) is 5.58. The summed E-state index contributed by atoms with van der Waals surface area (Å²) in [6.07, 6.45) is 0.619. The topological polar surface area (TPSA) is 63.3 Å². The number of carboxylic acids is 1. The van der Waals surface area contributed by atoms with Crippen molar-refractivity contribution >= 4 is 20.9 Å². The van der Waals surface area contributed by atoms with Crippen molar-refractivity contribution in [2.24, 2.45) is 5.73 Å². The van der Waals surface area contributed by atoms with E-state index in [0.717, 1.165) is 5.32 Å². The Labute approximate surface area is 73.5 Å². The van der Waals surface area contributed by atoms with E-state index in [9.17, 15) is 4.79 Å². The van der Waals surface area contributed by atoms with E-state index < -0.39 is 12.0 Å². The Kier molecular flexibility index (Phi) is 5.56. The average Bonchev–Trinajstić information content (AvgIpc) is 1.86. The molecule has 0 saturated heterocycles. The van der Waals surface area contributed by atoms with E-state index in [1.165, 1.54) is 0 Å². The average molecular weight is 224 g/mol. The molecule has 11 heavy (non-hydrogen) atoms. The molecule has 0 aromatic rings. The predicted molar refractivity (Wildman–Crippen MR) is 45.9 cm³/mol. The van der Waals surface area contributed by atoms with Gasteiger partial charge in [0.05, 0.1) is 0 Å². The number of aliphatic carboxylic acids is 1. The zero-order valence-corrected chi connectivity index (χ0v) is 8.62. The van der Waals surface area contributed by atoms with E-state index in [2.05, 4.69) is 13.8 Å². The number of nitrogens with two attached hydrogens (primary N) is 1. The van der Waals surface area contributed by atoms with Crippen LogP contribution in [0.3, 0.4) is 0 Å². The Morgan fingerprint density at radius 1 is 1.64 bits per heavy atom. The number of rotatable bonds is 5. The number of hydrogen-bond donors (Lipinski definition) is 2. The SMILES string of the molecule is CC(C)[Se]CC[C@H](N)C(=O)O. The van der Waals surface area contributed by atoms with Crippen LogP contribution in [0, 0.1) is 0 Å². The molecule has 0 saturated carbocycles. The van der Waals surface area contributed by atoms with Gasteiger partial charge in [-0.1, -0.05) is 0 Å². The molecule has 0 aliphatic carbocycles. The van der Waals surface area contributed by atoms with Crippen LogP contribution in [0.15, 0.2) is 0 Å². The molecule has 3 nitrogen and oxygen atoms in total. The quantitative estimate of drug-likeness (QED) is 0.677. The van der Waals surface area contributed by atoms with Crippen molar-refractivity contribution in [2.75, 3.05) is 0 Å². The second-order valence-corrected chi connectivity index (χ2v) is 6.19. The Morgan fingerprint density at radius 2 is 2.18 bits per heavy atom. The number of hydrogen-bond acceptors (Lipinski definition) is 2. The Hall–Kier alpha value is -0.0505. The summed E-state index contributed by atoms with van der Waals surface area (Å²) in [5, 5.41) is 9.40. The first kappa shape index (κ1) is 10.9. The molecule has 0 aromatic carbocycles. The first-order valence-electron chi connectivity index (χ1n) is 3.64. The molecule has 0 rings (SSSR count). The van der Waals surface area contributed by atoms with E-state index in [0.29, 0.717) is 26.2 Å². The van der Waals surface area contributed by atoms with Crippen LogP contribution in [0.4, 0.5) is 0 Å². The van der Waals surface area contributed by atoms with Crippen molar-refractivity contribution in [3.05, 3.63) is 0 Å². The van der Waals surface area contributed by atoms with Gasteiger partial charge >= 0.3 is 73.0 Å². The molecule has 0 aliphatic rings. The third-order valence-corrected chi connectivity index (χ3v) is 3.58. The summed E-state index contributed by atoms with van der Waals surface area (Å²) in [6.45, 7) is 4.29. The third-order valence-electron chi connectivity index (χ3n) is 1.20. The number of carbonyl (C=O) groups is 1. The van der Waals surface area contributed by atoms with Gasteiger partial charge in [-0.25, -0.2) is 0 Å². The van der Waals surface area contributed by atoms with E-state index in [1.54, 1.807) is 0 Å². The fourth-order valence-electron chi connectivity index (χ4n) is 0.554. The summed E-state index contributed by atoms with van der Waals surface area (Å²) in [5.74, 6) is -0.885. The minimum absolute atomic E-state index is 0.549. The normalized spacial score (nSPS) is 13.5. The van der Waals surface area contributed by atoms with Crippen LogP contribution in [0.1, 0.15) is 20.3 Å². The minimum atomic E-state index is -0.885. The molecule has 1 atom stereocenters. The third kappa shape index (κ3) is 6.35. The van der Waals surface area contributed by atoms with Crippen molar-refractivity contribution in [3.63, 3.8) is 0 Å². The van der Waals surface area contributed by atoms with E-state index >= 15 is 0 Å². The van der Waals surface area contributed by atoms with Crippen LogP contribution in [0.5, 0.6) is 0 Å². The molecule has 0 radical (unpaired) electrons. The maximum atomic E-state index is 10.3. The van der Waals surface area contributed by atoms with Crippen molar-refractivity contribution in [2.45, 2.75) is 36.4 Å². The van der Waals surface area contributed by atoms with E-state index in [-0.39, 0.29) is 0 Å². The molecule has 3 N–H and O–H groups in total. The van der Waals surface area contributed by atoms with Crippen LogP contribution in [-0.4, -0.2) is 32.1 Å². The molecular weight excluding hydrogens is 209 g/mol. The predicted octanol–water partition coefficient (Wildman–Crippen LogP) is 0.739. The molecule has 0 aromatic heterocycles. The van der Waals surface area contributed by atoms with Crippen molar-refractivity contribution < 1.29 is 9.90 Å². The van der Waals surface area contributed by atoms with Crippen molar-refractivity contribution in [1.29, 1.82) is 0 Å². The van der Waals surface area contributed by atoms with Gasteiger partial charge in [-0.3, -0.25) is 0 Å². The van der Waals surface area contributed by atoms with Gasteiger partial charge in [-0.05, 0) is 0 Å². The monoisotopic (exact) mass is 225 g/mol. The summed E-state index contributed by atoms with van der Waals surface area (Å²) in [7, 11) is 0. The zero-order valence-electron chi connectivity index (χ0n) is 6.91. The summed E-state index contributed by atoms with van der Waals surface area (Å²) >= 11 is 0.549. The molecule has 66 valence electrons. The zero-order chi connectivity index (χ0) is 8.85. The summed E-state index contributed by atoms with van der Waals surface area (Å²) in [4.78, 5) is 11.0. The molecule has 0 spiro atoms. The Bertz CT molecular complexity index is 128. The van der Waals surface area contributed by atoms with Crippen LogP contribution >= 0.6 is 0 Å². The molecule has 0 unspecified atom stereocenters.